The van der Waals surface area contributed by atoms with E-state index in [1.807, 2.05) is 6.92 Å². The van der Waals surface area contributed by atoms with Gasteiger partial charge in [-0.1, -0.05) is 44.2 Å². The Bertz CT molecular complexity index is 583. The van der Waals surface area contributed by atoms with Crippen LogP contribution in [-0.2, 0) is 9.53 Å². The van der Waals surface area contributed by atoms with E-state index in [2.05, 4.69) is 57.4 Å². The van der Waals surface area contributed by atoms with Crippen LogP contribution >= 0.6 is 0 Å². The van der Waals surface area contributed by atoms with E-state index in [0.717, 1.165) is 38.6 Å². The highest BCUT2D eigenvalue weighted by atomic mass is 16.5. The third-order valence-corrected chi connectivity index (χ3v) is 5.01. The zero-order valence-electron chi connectivity index (χ0n) is 16.4. The van der Waals surface area contributed by atoms with Crippen molar-refractivity contribution in [3.63, 3.8) is 0 Å². The number of nitrogens with one attached hydrogen (secondary N) is 1. The summed E-state index contributed by atoms with van der Waals surface area (Å²) in [5.41, 5.74) is 1.39. The molecule has 1 aliphatic heterocycles. The molecular weight excluding hydrogens is 328 g/mol. The largest absolute Gasteiger partial charge is 0.469 e. The zero-order valence-corrected chi connectivity index (χ0v) is 16.4. The summed E-state index contributed by atoms with van der Waals surface area (Å²) in [6.45, 7) is 8.49. The van der Waals surface area contributed by atoms with Crippen molar-refractivity contribution in [2.24, 2.45) is 10.9 Å². The number of hydrogen-bond donors (Lipinski definition) is 1. The van der Waals surface area contributed by atoms with Crippen molar-refractivity contribution in [1.82, 2.24) is 15.1 Å². The molecule has 1 aromatic rings. The number of carbonyl (C=O) groups is 1. The zero-order chi connectivity index (χ0) is 18.9. The fourth-order valence-electron chi connectivity index (χ4n) is 3.49. The molecule has 2 unspecified atom stereocenters. The topological polar surface area (TPSA) is 57.2 Å². The Balaban J connectivity index is 1.89. The third kappa shape index (κ3) is 5.21. The average molecular weight is 361 g/mol. The van der Waals surface area contributed by atoms with E-state index in [1.165, 1.54) is 12.7 Å². The number of piperazine rings is 1. The van der Waals surface area contributed by atoms with Gasteiger partial charge >= 0.3 is 5.97 Å². The molecule has 1 fully saturated rings. The molecule has 1 aromatic carbocycles. The van der Waals surface area contributed by atoms with Gasteiger partial charge in [0.25, 0.3) is 0 Å². The summed E-state index contributed by atoms with van der Waals surface area (Å²) in [5, 5.41) is 3.30. The monoisotopic (exact) mass is 360 g/mol. The van der Waals surface area contributed by atoms with Crippen molar-refractivity contribution in [2.75, 3.05) is 46.9 Å². The highest BCUT2D eigenvalue weighted by Crippen LogP contribution is 2.25. The van der Waals surface area contributed by atoms with Gasteiger partial charge in [0, 0.05) is 45.8 Å². The normalized spacial score (nSPS) is 18.3. The van der Waals surface area contributed by atoms with Crippen LogP contribution in [0, 0.1) is 5.92 Å². The third-order valence-electron chi connectivity index (χ3n) is 5.01. The fourth-order valence-corrected chi connectivity index (χ4v) is 3.49. The van der Waals surface area contributed by atoms with E-state index in [1.54, 1.807) is 7.05 Å². The van der Waals surface area contributed by atoms with Gasteiger partial charge in [-0.25, -0.2) is 0 Å². The highest BCUT2D eigenvalue weighted by molar-refractivity contribution is 5.81. The first-order valence-corrected chi connectivity index (χ1v) is 9.43. The van der Waals surface area contributed by atoms with Crippen LogP contribution in [0.25, 0.3) is 0 Å². The number of rotatable bonds is 6. The number of guanidine groups is 1. The van der Waals surface area contributed by atoms with Crippen molar-refractivity contribution in [3.8, 4) is 0 Å². The summed E-state index contributed by atoms with van der Waals surface area (Å²) in [6, 6.07) is 11.2. The molecule has 26 heavy (non-hydrogen) atoms. The molecule has 1 N–H and O–H groups in total. The van der Waals surface area contributed by atoms with Crippen molar-refractivity contribution in [2.45, 2.75) is 26.3 Å². The maximum absolute atomic E-state index is 11.6. The van der Waals surface area contributed by atoms with E-state index in [-0.39, 0.29) is 11.9 Å². The van der Waals surface area contributed by atoms with Gasteiger partial charge in [0.1, 0.15) is 0 Å². The van der Waals surface area contributed by atoms with Crippen LogP contribution < -0.4 is 5.32 Å². The maximum atomic E-state index is 11.6. The number of benzene rings is 1. The molecule has 6 nitrogen and oxygen atoms in total. The average Bonchev–Trinajstić information content (AvgIpc) is 2.70. The molecule has 1 aliphatic rings. The summed E-state index contributed by atoms with van der Waals surface area (Å²) < 4.78 is 4.78. The number of hydrogen-bond acceptors (Lipinski definition) is 4. The van der Waals surface area contributed by atoms with E-state index in [9.17, 15) is 4.79 Å². The predicted octanol–water partition coefficient (Wildman–Crippen LogP) is 2.14. The first kappa shape index (κ1) is 20.2. The Hall–Kier alpha value is -2.08. The van der Waals surface area contributed by atoms with Crippen LogP contribution in [0.3, 0.4) is 0 Å². The Morgan fingerprint density at radius 1 is 1.23 bits per heavy atom. The molecule has 0 bridgehead atoms. The number of aliphatic imine (C=N–C) groups is 1. The summed E-state index contributed by atoms with van der Waals surface area (Å²) in [5.74, 6) is 0.458. The molecule has 0 saturated carbocycles. The lowest BCUT2D eigenvalue weighted by molar-refractivity contribution is -0.144. The summed E-state index contributed by atoms with van der Waals surface area (Å²) in [7, 11) is 3.21. The molecule has 0 radical (unpaired) electrons. The Morgan fingerprint density at radius 3 is 2.42 bits per heavy atom. The van der Waals surface area contributed by atoms with Gasteiger partial charge in [-0.05, 0) is 12.0 Å². The van der Waals surface area contributed by atoms with E-state index >= 15 is 0 Å². The van der Waals surface area contributed by atoms with E-state index in [4.69, 9.17) is 4.74 Å². The maximum Gasteiger partial charge on any atom is 0.310 e. The second-order valence-electron chi connectivity index (χ2n) is 6.71. The van der Waals surface area contributed by atoms with Crippen molar-refractivity contribution >= 4 is 11.9 Å². The minimum absolute atomic E-state index is 0.194. The SMILES string of the molecule is CCC(c1ccccc1)N1CCN(C(=NC)NCC(C)C(=O)OC)CC1. The van der Waals surface area contributed by atoms with Crippen molar-refractivity contribution in [1.29, 1.82) is 0 Å². The fraction of sp³-hybridized carbons (Fsp3) is 0.600. The summed E-state index contributed by atoms with van der Waals surface area (Å²) in [4.78, 5) is 20.7. The molecule has 144 valence electrons. The van der Waals surface area contributed by atoms with Gasteiger partial charge in [0.05, 0.1) is 13.0 Å². The van der Waals surface area contributed by atoms with Crippen LogP contribution in [0.2, 0.25) is 0 Å². The Kier molecular flexibility index (Phi) is 7.91. The first-order valence-electron chi connectivity index (χ1n) is 9.43. The lowest BCUT2D eigenvalue weighted by Gasteiger charge is -2.40. The van der Waals surface area contributed by atoms with E-state index < -0.39 is 0 Å². The van der Waals surface area contributed by atoms with Crippen LogP contribution in [0.5, 0.6) is 0 Å². The summed E-state index contributed by atoms with van der Waals surface area (Å²) >= 11 is 0. The van der Waals surface area contributed by atoms with Gasteiger partial charge in [-0.15, -0.1) is 0 Å². The highest BCUT2D eigenvalue weighted by Gasteiger charge is 2.25. The van der Waals surface area contributed by atoms with Crippen LogP contribution in [0.4, 0.5) is 0 Å². The van der Waals surface area contributed by atoms with Crippen LogP contribution in [0.1, 0.15) is 31.9 Å². The molecule has 0 amide bonds. The molecule has 1 saturated heterocycles. The second kappa shape index (κ2) is 10.2. The molecule has 6 heteroatoms. The van der Waals surface area contributed by atoms with E-state index in [0.29, 0.717) is 12.6 Å². The molecule has 2 rings (SSSR count). The number of ether oxygens (including phenoxy) is 1. The lowest BCUT2D eigenvalue weighted by atomic mass is 10.0. The molecule has 0 aromatic heterocycles. The van der Waals surface area contributed by atoms with Gasteiger partial charge in [-0.2, -0.15) is 0 Å². The molecule has 1 heterocycles. The Labute approximate surface area is 157 Å². The molecule has 2 atom stereocenters. The predicted molar refractivity (Wildman–Crippen MR) is 105 cm³/mol. The van der Waals surface area contributed by atoms with Gasteiger partial charge < -0.3 is 15.0 Å². The second-order valence-corrected chi connectivity index (χ2v) is 6.71. The molecular formula is C20H32N4O2. The molecule has 0 spiro atoms. The van der Waals surface area contributed by atoms with Gasteiger partial charge in [-0.3, -0.25) is 14.7 Å². The smallest absolute Gasteiger partial charge is 0.310 e. The number of methoxy groups -OCH3 is 1. The minimum atomic E-state index is -0.202. The molecule has 0 aliphatic carbocycles. The quantitative estimate of drug-likeness (QED) is 0.478. The van der Waals surface area contributed by atoms with Crippen molar-refractivity contribution < 1.29 is 9.53 Å². The lowest BCUT2D eigenvalue weighted by Crippen LogP contribution is -2.53. The Morgan fingerprint density at radius 2 is 1.88 bits per heavy atom. The standard InChI is InChI=1S/C20H32N4O2/c1-5-18(17-9-7-6-8-10-17)23-11-13-24(14-12-23)20(21-3)22-15-16(2)19(25)26-4/h6-10,16,18H,5,11-15H2,1-4H3,(H,21,22). The van der Waals surface area contributed by atoms with Crippen LogP contribution in [0.15, 0.2) is 35.3 Å². The van der Waals surface area contributed by atoms with Crippen LogP contribution in [-0.4, -0.2) is 68.6 Å². The number of nitrogens with zero attached hydrogens (tertiary/aromatic N) is 3. The number of carbonyl (C=O) groups excluding carboxylic acids is 1. The number of esters is 1. The van der Waals surface area contributed by atoms with Gasteiger partial charge in [0.2, 0.25) is 0 Å². The summed E-state index contributed by atoms with van der Waals surface area (Å²) in [6.07, 6.45) is 1.10. The van der Waals surface area contributed by atoms with Gasteiger partial charge in [0.15, 0.2) is 5.96 Å². The first-order chi connectivity index (χ1) is 12.6. The van der Waals surface area contributed by atoms with Crippen molar-refractivity contribution in [3.05, 3.63) is 35.9 Å². The minimum Gasteiger partial charge on any atom is -0.469 e.